The number of carboxylic acids is 1. The number of hydrogen-bond donors (Lipinski definition) is 3. The van der Waals surface area contributed by atoms with Crippen LogP contribution in [0.2, 0.25) is 0 Å². The zero-order valence-corrected chi connectivity index (χ0v) is 20.9. The van der Waals surface area contributed by atoms with E-state index in [1.807, 2.05) is 6.92 Å². The lowest BCUT2D eigenvalue weighted by Crippen LogP contribution is -2.29. The molecular weight excluding hydrogens is 428 g/mol. The summed E-state index contributed by atoms with van der Waals surface area (Å²) in [5.74, 6) is -1.73. The number of thiophene rings is 1. The Morgan fingerprint density at radius 1 is 0.969 bits per heavy atom. The largest absolute Gasteiger partial charge is 0.478 e. The topological polar surface area (TPSA) is 105 Å². The van der Waals surface area contributed by atoms with Crippen molar-refractivity contribution in [2.45, 2.75) is 104 Å². The number of urea groups is 1. The van der Waals surface area contributed by atoms with Gasteiger partial charge in [0.1, 0.15) is 9.88 Å². The molecule has 1 unspecified atom stereocenters. The minimum absolute atomic E-state index is 0.0627. The first-order valence-electron chi connectivity index (χ1n) is 11.9. The maximum absolute atomic E-state index is 12.6. The molecule has 32 heavy (non-hydrogen) atoms. The van der Waals surface area contributed by atoms with Crippen molar-refractivity contribution in [2.75, 3.05) is 11.9 Å². The average Bonchev–Trinajstić information content (AvgIpc) is 3.06. The summed E-state index contributed by atoms with van der Waals surface area (Å²) in [6.45, 7) is 8.25. The van der Waals surface area contributed by atoms with Crippen LogP contribution in [0.25, 0.3) is 0 Å². The SMILES string of the molecule is CCCCCCCCNC(=O)Nc1sc(C(=O)OC(C)CCCCCC)c(C)c1C(=O)O. The predicted octanol–water partition coefficient (Wildman–Crippen LogP) is 6.75. The molecule has 0 aliphatic carbocycles. The zero-order chi connectivity index (χ0) is 23.9. The van der Waals surface area contributed by atoms with Gasteiger partial charge < -0.3 is 15.2 Å². The number of carbonyl (C=O) groups excluding carboxylic acids is 2. The molecule has 7 nitrogen and oxygen atoms in total. The summed E-state index contributed by atoms with van der Waals surface area (Å²) in [5, 5.41) is 15.1. The molecule has 1 rings (SSSR count). The van der Waals surface area contributed by atoms with E-state index in [1.165, 1.54) is 19.3 Å². The number of esters is 1. The van der Waals surface area contributed by atoms with Crippen molar-refractivity contribution in [2.24, 2.45) is 0 Å². The molecule has 0 saturated carbocycles. The summed E-state index contributed by atoms with van der Waals surface area (Å²) in [6, 6.07) is -0.466. The number of carboxylic acid groups (broad SMARTS) is 1. The van der Waals surface area contributed by atoms with Crippen molar-refractivity contribution in [3.8, 4) is 0 Å². The summed E-state index contributed by atoms with van der Waals surface area (Å²) in [4.78, 5) is 36.8. The molecule has 182 valence electrons. The van der Waals surface area contributed by atoms with Crippen LogP contribution in [0.4, 0.5) is 9.80 Å². The summed E-state index contributed by atoms with van der Waals surface area (Å²) in [6.07, 6.45) is 11.6. The van der Waals surface area contributed by atoms with E-state index in [4.69, 9.17) is 4.74 Å². The molecule has 0 aliphatic rings. The third kappa shape index (κ3) is 10.0. The molecule has 0 spiro atoms. The van der Waals surface area contributed by atoms with Crippen LogP contribution >= 0.6 is 11.3 Å². The first kappa shape index (κ1) is 27.9. The molecule has 0 radical (unpaired) electrons. The number of unbranched alkanes of at least 4 members (excludes halogenated alkanes) is 8. The number of nitrogens with one attached hydrogen (secondary N) is 2. The Kier molecular flexibility index (Phi) is 13.7. The van der Waals surface area contributed by atoms with Gasteiger partial charge >= 0.3 is 18.0 Å². The monoisotopic (exact) mass is 468 g/mol. The molecular formula is C24H40N2O5S. The molecule has 8 heteroatoms. The summed E-state index contributed by atoms with van der Waals surface area (Å²) in [5.41, 5.74) is 0.254. The van der Waals surface area contributed by atoms with Gasteiger partial charge in [-0.25, -0.2) is 14.4 Å². The van der Waals surface area contributed by atoms with Crippen molar-refractivity contribution < 1.29 is 24.2 Å². The van der Waals surface area contributed by atoms with Crippen LogP contribution in [0, 0.1) is 6.92 Å². The van der Waals surface area contributed by atoms with Crippen LogP contribution in [-0.2, 0) is 4.74 Å². The van der Waals surface area contributed by atoms with Crippen LogP contribution in [0.5, 0.6) is 0 Å². The molecule has 0 bridgehead atoms. The Labute approximate surface area is 196 Å². The normalized spacial score (nSPS) is 11.8. The van der Waals surface area contributed by atoms with E-state index in [-0.39, 0.29) is 21.5 Å². The zero-order valence-electron chi connectivity index (χ0n) is 20.1. The third-order valence-corrected chi connectivity index (χ3v) is 6.55. The smallest absolute Gasteiger partial charge is 0.348 e. The Morgan fingerprint density at radius 3 is 2.19 bits per heavy atom. The van der Waals surface area contributed by atoms with E-state index in [9.17, 15) is 19.5 Å². The predicted molar refractivity (Wildman–Crippen MR) is 130 cm³/mol. The second-order valence-electron chi connectivity index (χ2n) is 8.28. The van der Waals surface area contributed by atoms with E-state index in [0.717, 1.165) is 62.7 Å². The Hall–Kier alpha value is -2.09. The Morgan fingerprint density at radius 2 is 1.56 bits per heavy atom. The van der Waals surface area contributed by atoms with Gasteiger partial charge in [-0.15, -0.1) is 11.3 Å². The van der Waals surface area contributed by atoms with Gasteiger partial charge in [-0.05, 0) is 38.7 Å². The summed E-state index contributed by atoms with van der Waals surface area (Å²) in [7, 11) is 0. The highest BCUT2D eigenvalue weighted by Gasteiger charge is 2.27. The van der Waals surface area contributed by atoms with E-state index >= 15 is 0 Å². The fourth-order valence-electron chi connectivity index (χ4n) is 3.46. The number of hydrogen-bond acceptors (Lipinski definition) is 5. The van der Waals surface area contributed by atoms with Crippen LogP contribution in [0.1, 0.15) is 117 Å². The lowest BCUT2D eigenvalue weighted by atomic mass is 10.1. The number of aromatic carboxylic acids is 1. The first-order valence-corrected chi connectivity index (χ1v) is 12.8. The standard InChI is InChI=1S/C24H40N2O5S/c1-5-7-9-11-12-14-16-25-24(30)26-21-19(22(27)28)18(4)20(32-21)23(29)31-17(3)15-13-10-8-6-2/h17H,5-16H2,1-4H3,(H,27,28)(H2,25,26,30). The molecule has 1 aromatic rings. The van der Waals surface area contributed by atoms with E-state index in [0.29, 0.717) is 12.1 Å². The summed E-state index contributed by atoms with van der Waals surface area (Å²) < 4.78 is 5.52. The van der Waals surface area contributed by atoms with Gasteiger partial charge in [-0.1, -0.05) is 65.2 Å². The lowest BCUT2D eigenvalue weighted by molar-refractivity contribution is 0.0324. The molecule has 1 heterocycles. The van der Waals surface area contributed by atoms with Gasteiger partial charge in [-0.3, -0.25) is 5.32 Å². The number of carbonyl (C=O) groups is 3. The van der Waals surface area contributed by atoms with E-state index in [1.54, 1.807) is 6.92 Å². The van der Waals surface area contributed by atoms with Crippen LogP contribution < -0.4 is 10.6 Å². The highest BCUT2D eigenvalue weighted by molar-refractivity contribution is 7.18. The number of anilines is 1. The maximum Gasteiger partial charge on any atom is 0.348 e. The lowest BCUT2D eigenvalue weighted by Gasteiger charge is -2.12. The Balaban J connectivity index is 2.65. The van der Waals surface area contributed by atoms with Crippen molar-refractivity contribution in [3.63, 3.8) is 0 Å². The highest BCUT2D eigenvalue weighted by Crippen LogP contribution is 2.34. The quantitative estimate of drug-likeness (QED) is 0.184. The molecule has 2 amide bonds. The van der Waals surface area contributed by atoms with Crippen molar-refractivity contribution >= 4 is 34.3 Å². The fraction of sp³-hybridized carbons (Fsp3) is 0.708. The van der Waals surface area contributed by atoms with E-state index in [2.05, 4.69) is 24.5 Å². The number of amides is 2. The molecule has 0 saturated heterocycles. The molecule has 1 aromatic heterocycles. The molecule has 1 atom stereocenters. The van der Waals surface area contributed by atoms with Crippen LogP contribution in [-0.4, -0.2) is 35.7 Å². The highest BCUT2D eigenvalue weighted by atomic mass is 32.1. The van der Waals surface area contributed by atoms with E-state index < -0.39 is 18.0 Å². The average molecular weight is 469 g/mol. The first-order chi connectivity index (χ1) is 15.3. The van der Waals surface area contributed by atoms with Gasteiger partial charge in [0.25, 0.3) is 0 Å². The molecule has 0 aliphatic heterocycles. The molecule has 0 aromatic carbocycles. The van der Waals surface area contributed by atoms with Gasteiger partial charge in [0, 0.05) is 6.54 Å². The minimum Gasteiger partial charge on any atom is -0.478 e. The number of rotatable bonds is 16. The van der Waals surface area contributed by atoms with Crippen molar-refractivity contribution in [3.05, 3.63) is 16.0 Å². The van der Waals surface area contributed by atoms with Gasteiger partial charge in [0.05, 0.1) is 11.7 Å². The van der Waals surface area contributed by atoms with Gasteiger partial charge in [0.15, 0.2) is 0 Å². The minimum atomic E-state index is -1.18. The van der Waals surface area contributed by atoms with Crippen LogP contribution in [0.15, 0.2) is 0 Å². The Bertz CT molecular complexity index is 732. The summed E-state index contributed by atoms with van der Waals surface area (Å²) >= 11 is 0.950. The molecule has 3 N–H and O–H groups in total. The van der Waals surface area contributed by atoms with Gasteiger partial charge in [0.2, 0.25) is 0 Å². The fourth-order valence-corrected chi connectivity index (χ4v) is 4.54. The van der Waals surface area contributed by atoms with Crippen molar-refractivity contribution in [1.82, 2.24) is 5.32 Å². The van der Waals surface area contributed by atoms with Gasteiger partial charge in [-0.2, -0.15) is 0 Å². The second kappa shape index (κ2) is 15.7. The second-order valence-corrected chi connectivity index (χ2v) is 9.30. The van der Waals surface area contributed by atoms with Crippen molar-refractivity contribution in [1.29, 1.82) is 0 Å². The third-order valence-electron chi connectivity index (χ3n) is 5.36. The maximum atomic E-state index is 12.6. The van der Waals surface area contributed by atoms with Crippen LogP contribution in [0.3, 0.4) is 0 Å². The molecule has 0 fully saturated rings. The number of ether oxygens (including phenoxy) is 1.